The maximum absolute atomic E-state index is 11.0. The van der Waals surface area contributed by atoms with Crippen LogP contribution in [0.1, 0.15) is 12.8 Å². The van der Waals surface area contributed by atoms with E-state index < -0.39 is 0 Å². The average Bonchev–Trinajstić information content (AvgIpc) is 2.32. The first-order chi connectivity index (χ1) is 5.16. The highest BCUT2D eigenvalue weighted by molar-refractivity contribution is 5.85. The molecule has 1 aliphatic carbocycles. The van der Waals surface area contributed by atoms with E-state index >= 15 is 0 Å². The van der Waals surface area contributed by atoms with Gasteiger partial charge in [-0.3, -0.25) is 4.79 Å². The molecule has 1 aliphatic rings. The number of halogens is 1. The summed E-state index contributed by atoms with van der Waals surface area (Å²) in [7, 11) is 1.39. The summed E-state index contributed by atoms with van der Waals surface area (Å²) in [4.78, 5) is 11.0. The van der Waals surface area contributed by atoms with Crippen molar-refractivity contribution in [2.24, 2.45) is 11.7 Å². The second-order valence-corrected chi connectivity index (χ2v) is 2.85. The highest BCUT2D eigenvalue weighted by Crippen LogP contribution is 2.28. The van der Waals surface area contributed by atoms with Crippen LogP contribution in [-0.2, 0) is 9.53 Å². The Morgan fingerprint density at radius 1 is 1.75 bits per heavy atom. The molecule has 0 bridgehead atoms. The van der Waals surface area contributed by atoms with E-state index in [-0.39, 0.29) is 30.3 Å². The molecule has 0 spiro atoms. The number of carbonyl (C=O) groups is 1. The van der Waals surface area contributed by atoms with Crippen LogP contribution in [0.5, 0.6) is 0 Å². The normalized spacial score (nSPS) is 28.0. The number of methoxy groups -OCH3 is 1. The SMILES string of the molecule is C=C1CCC(C(=O)OC)C1N.Cl. The van der Waals surface area contributed by atoms with E-state index in [1.807, 2.05) is 0 Å². The smallest absolute Gasteiger partial charge is 0.310 e. The third-order valence-electron chi connectivity index (χ3n) is 2.19. The molecule has 1 fully saturated rings. The third-order valence-corrected chi connectivity index (χ3v) is 2.19. The molecule has 1 saturated carbocycles. The number of nitrogens with two attached hydrogens (primary N) is 1. The Bertz CT molecular complexity index is 193. The number of esters is 1. The predicted molar refractivity (Wildman–Crippen MR) is 49.1 cm³/mol. The Kier molecular flexibility index (Phi) is 4.28. The Labute approximate surface area is 78.4 Å². The zero-order valence-corrected chi connectivity index (χ0v) is 7.89. The molecule has 0 aliphatic heterocycles. The first-order valence-corrected chi connectivity index (χ1v) is 3.68. The number of ether oxygens (including phenoxy) is 1. The molecule has 2 unspecified atom stereocenters. The lowest BCUT2D eigenvalue weighted by atomic mass is 10.0. The largest absolute Gasteiger partial charge is 0.469 e. The lowest BCUT2D eigenvalue weighted by molar-refractivity contribution is -0.145. The van der Waals surface area contributed by atoms with Crippen LogP contribution >= 0.6 is 12.4 Å². The molecule has 2 N–H and O–H groups in total. The monoisotopic (exact) mass is 191 g/mol. The van der Waals surface area contributed by atoms with Crippen molar-refractivity contribution in [3.8, 4) is 0 Å². The quantitative estimate of drug-likeness (QED) is 0.495. The number of hydrogen-bond donors (Lipinski definition) is 1. The summed E-state index contributed by atoms with van der Waals surface area (Å²) in [6, 6.07) is -0.192. The van der Waals surface area contributed by atoms with E-state index in [0.29, 0.717) is 0 Å². The van der Waals surface area contributed by atoms with Gasteiger partial charge in [-0.2, -0.15) is 0 Å². The molecule has 0 aromatic carbocycles. The van der Waals surface area contributed by atoms with Gasteiger partial charge in [0.2, 0.25) is 0 Å². The highest BCUT2D eigenvalue weighted by Gasteiger charge is 2.33. The number of rotatable bonds is 1. The summed E-state index contributed by atoms with van der Waals surface area (Å²) < 4.78 is 4.59. The molecule has 0 aromatic rings. The fourth-order valence-electron chi connectivity index (χ4n) is 1.39. The number of carbonyl (C=O) groups excluding carboxylic acids is 1. The predicted octanol–water partition coefficient (Wildman–Crippen LogP) is 0.875. The molecule has 0 heterocycles. The summed E-state index contributed by atoms with van der Waals surface area (Å²) in [6.07, 6.45) is 1.63. The molecule has 0 amide bonds. The second-order valence-electron chi connectivity index (χ2n) is 2.85. The fraction of sp³-hybridized carbons (Fsp3) is 0.625. The van der Waals surface area contributed by atoms with E-state index in [0.717, 1.165) is 18.4 Å². The van der Waals surface area contributed by atoms with Gasteiger partial charge >= 0.3 is 5.97 Å². The van der Waals surface area contributed by atoms with E-state index in [1.54, 1.807) is 0 Å². The van der Waals surface area contributed by atoms with Crippen LogP contribution in [0.4, 0.5) is 0 Å². The van der Waals surface area contributed by atoms with E-state index in [4.69, 9.17) is 5.73 Å². The Hall–Kier alpha value is -0.540. The van der Waals surface area contributed by atoms with Gasteiger partial charge in [-0.25, -0.2) is 0 Å². The second kappa shape index (κ2) is 4.48. The third kappa shape index (κ3) is 1.99. The lowest BCUT2D eigenvalue weighted by Gasteiger charge is -2.12. The minimum Gasteiger partial charge on any atom is -0.469 e. The number of hydrogen-bond acceptors (Lipinski definition) is 3. The van der Waals surface area contributed by atoms with Crippen molar-refractivity contribution >= 4 is 18.4 Å². The molecule has 0 radical (unpaired) electrons. The molecule has 0 aromatic heterocycles. The van der Waals surface area contributed by atoms with E-state index in [2.05, 4.69) is 11.3 Å². The van der Waals surface area contributed by atoms with Gasteiger partial charge < -0.3 is 10.5 Å². The van der Waals surface area contributed by atoms with Gasteiger partial charge in [0.15, 0.2) is 0 Å². The van der Waals surface area contributed by atoms with Gasteiger partial charge in [0.25, 0.3) is 0 Å². The van der Waals surface area contributed by atoms with Crippen LogP contribution in [-0.4, -0.2) is 19.1 Å². The van der Waals surface area contributed by atoms with Crippen molar-refractivity contribution in [2.75, 3.05) is 7.11 Å². The molecule has 70 valence electrons. The van der Waals surface area contributed by atoms with Gasteiger partial charge in [-0.1, -0.05) is 12.2 Å². The molecule has 2 atom stereocenters. The Morgan fingerprint density at radius 2 is 2.33 bits per heavy atom. The van der Waals surface area contributed by atoms with E-state index in [1.165, 1.54) is 7.11 Å². The summed E-state index contributed by atoms with van der Waals surface area (Å²) in [5.41, 5.74) is 6.66. The van der Waals surface area contributed by atoms with Crippen LogP contribution < -0.4 is 5.73 Å². The van der Waals surface area contributed by atoms with Gasteiger partial charge in [0.1, 0.15) is 0 Å². The zero-order chi connectivity index (χ0) is 8.43. The first kappa shape index (κ1) is 11.5. The van der Waals surface area contributed by atoms with Crippen LogP contribution in [0.3, 0.4) is 0 Å². The summed E-state index contributed by atoms with van der Waals surface area (Å²) >= 11 is 0. The summed E-state index contributed by atoms with van der Waals surface area (Å²) in [5, 5.41) is 0. The van der Waals surface area contributed by atoms with E-state index in [9.17, 15) is 4.79 Å². The van der Waals surface area contributed by atoms with Crippen molar-refractivity contribution < 1.29 is 9.53 Å². The van der Waals surface area contributed by atoms with Crippen molar-refractivity contribution in [2.45, 2.75) is 18.9 Å². The van der Waals surface area contributed by atoms with Crippen LogP contribution in [0.25, 0.3) is 0 Å². The van der Waals surface area contributed by atoms with Crippen LogP contribution in [0.15, 0.2) is 12.2 Å². The highest BCUT2D eigenvalue weighted by atomic mass is 35.5. The fourth-order valence-corrected chi connectivity index (χ4v) is 1.39. The summed E-state index contributed by atoms with van der Waals surface area (Å²) in [5.74, 6) is -0.372. The van der Waals surface area contributed by atoms with Gasteiger partial charge in [0.05, 0.1) is 13.0 Å². The molecule has 3 nitrogen and oxygen atoms in total. The maximum atomic E-state index is 11.0. The molecule has 0 saturated heterocycles. The molecule has 1 rings (SSSR count). The standard InChI is InChI=1S/C8H13NO2.ClH/c1-5-3-4-6(7(5)9)8(10)11-2;/h6-7H,1,3-4,9H2,2H3;1H. The molecular weight excluding hydrogens is 178 g/mol. The zero-order valence-electron chi connectivity index (χ0n) is 7.08. The Balaban J connectivity index is 0.00000121. The minimum absolute atomic E-state index is 0. The van der Waals surface area contributed by atoms with Crippen molar-refractivity contribution in [3.05, 3.63) is 12.2 Å². The molecular formula is C8H14ClNO2. The minimum atomic E-state index is -0.212. The van der Waals surface area contributed by atoms with Gasteiger partial charge in [-0.05, 0) is 12.8 Å². The van der Waals surface area contributed by atoms with Crippen LogP contribution in [0, 0.1) is 5.92 Å². The average molecular weight is 192 g/mol. The topological polar surface area (TPSA) is 52.3 Å². The molecule has 12 heavy (non-hydrogen) atoms. The van der Waals surface area contributed by atoms with Crippen molar-refractivity contribution in [1.29, 1.82) is 0 Å². The Morgan fingerprint density at radius 3 is 2.67 bits per heavy atom. The lowest BCUT2D eigenvalue weighted by Crippen LogP contribution is -2.32. The van der Waals surface area contributed by atoms with Crippen molar-refractivity contribution in [3.63, 3.8) is 0 Å². The van der Waals surface area contributed by atoms with Gasteiger partial charge in [-0.15, -0.1) is 12.4 Å². The van der Waals surface area contributed by atoms with Crippen molar-refractivity contribution in [1.82, 2.24) is 0 Å². The van der Waals surface area contributed by atoms with Gasteiger partial charge in [0, 0.05) is 6.04 Å². The summed E-state index contributed by atoms with van der Waals surface area (Å²) in [6.45, 7) is 3.77. The van der Waals surface area contributed by atoms with Crippen LogP contribution in [0.2, 0.25) is 0 Å². The maximum Gasteiger partial charge on any atom is 0.310 e. The molecule has 4 heteroatoms. The first-order valence-electron chi connectivity index (χ1n) is 3.68.